The second kappa shape index (κ2) is 8.36. The number of nitrogens with one attached hydrogen (secondary N) is 1. The molecule has 0 aliphatic carbocycles. The van der Waals surface area contributed by atoms with E-state index in [0.29, 0.717) is 11.8 Å². The number of rotatable bonds is 7. The van der Waals surface area contributed by atoms with Gasteiger partial charge in [-0.1, -0.05) is 39.5 Å². The van der Waals surface area contributed by atoms with Crippen LogP contribution in [0.5, 0.6) is 0 Å². The van der Waals surface area contributed by atoms with Crippen molar-refractivity contribution < 1.29 is 0 Å². The van der Waals surface area contributed by atoms with Crippen molar-refractivity contribution in [3.8, 4) is 0 Å². The lowest BCUT2D eigenvalue weighted by Crippen LogP contribution is -2.13. The van der Waals surface area contributed by atoms with E-state index in [-0.39, 0.29) is 0 Å². The summed E-state index contributed by atoms with van der Waals surface area (Å²) in [4.78, 5) is 4.12. The summed E-state index contributed by atoms with van der Waals surface area (Å²) in [6.45, 7) is 13.5. The Morgan fingerprint density at radius 1 is 1.40 bits per heavy atom. The average Bonchev–Trinajstić information content (AvgIpc) is 2.48. The van der Waals surface area contributed by atoms with E-state index >= 15 is 0 Å². The van der Waals surface area contributed by atoms with Gasteiger partial charge in [0.05, 0.1) is 0 Å². The highest BCUT2D eigenvalue weighted by Gasteiger charge is 2.10. The Kier molecular flexibility index (Phi) is 6.78. The number of hydrogen-bond acceptors (Lipinski definition) is 2. The third-order valence-corrected chi connectivity index (χ3v) is 3.62. The van der Waals surface area contributed by atoms with Gasteiger partial charge in [-0.05, 0) is 48.1 Å². The van der Waals surface area contributed by atoms with Crippen molar-refractivity contribution in [3.05, 3.63) is 66.2 Å². The van der Waals surface area contributed by atoms with E-state index in [1.54, 1.807) is 6.20 Å². The van der Waals surface area contributed by atoms with Crippen LogP contribution in [0.4, 0.5) is 0 Å². The van der Waals surface area contributed by atoms with Crippen molar-refractivity contribution in [2.24, 2.45) is 11.8 Å². The zero-order chi connectivity index (χ0) is 15.0. The van der Waals surface area contributed by atoms with Crippen molar-refractivity contribution in [1.82, 2.24) is 10.3 Å². The van der Waals surface area contributed by atoms with E-state index in [0.717, 1.165) is 12.2 Å². The van der Waals surface area contributed by atoms with Crippen LogP contribution >= 0.6 is 0 Å². The van der Waals surface area contributed by atoms with Gasteiger partial charge in [-0.25, -0.2) is 0 Å². The zero-order valence-electron chi connectivity index (χ0n) is 13.1. The molecule has 0 saturated carbocycles. The molecule has 20 heavy (non-hydrogen) atoms. The van der Waals surface area contributed by atoms with Crippen LogP contribution in [-0.4, -0.2) is 4.98 Å². The lowest BCUT2D eigenvalue weighted by atomic mass is 9.89. The summed E-state index contributed by atoms with van der Waals surface area (Å²) >= 11 is 0. The molecule has 2 nitrogen and oxygen atoms in total. The standard InChI is InChI=1S/C18H26N2/c1-6-17(15(5)14(3)4)11-18(7-2)20-13-16-9-8-10-19-12-16/h6-12,14-15,20H,2,13H2,1,3-5H3/b17-6+,18-11+. The third-order valence-electron chi connectivity index (χ3n) is 3.62. The Morgan fingerprint density at radius 3 is 2.65 bits per heavy atom. The van der Waals surface area contributed by atoms with E-state index in [9.17, 15) is 0 Å². The lowest BCUT2D eigenvalue weighted by molar-refractivity contribution is 0.487. The van der Waals surface area contributed by atoms with Gasteiger partial charge in [0.1, 0.15) is 0 Å². The molecule has 2 heteroatoms. The number of allylic oxidation sites excluding steroid dienone is 4. The Bertz CT molecular complexity index is 469. The van der Waals surface area contributed by atoms with Gasteiger partial charge < -0.3 is 5.32 Å². The topological polar surface area (TPSA) is 24.9 Å². The summed E-state index contributed by atoms with van der Waals surface area (Å²) in [6, 6.07) is 4.01. The second-order valence-electron chi connectivity index (χ2n) is 5.34. The Morgan fingerprint density at radius 2 is 2.15 bits per heavy atom. The van der Waals surface area contributed by atoms with Gasteiger partial charge in [-0.3, -0.25) is 4.98 Å². The molecule has 0 spiro atoms. The first-order valence-corrected chi connectivity index (χ1v) is 7.21. The molecule has 1 atom stereocenters. The molecular weight excluding hydrogens is 244 g/mol. The van der Waals surface area contributed by atoms with Crippen LogP contribution in [0.2, 0.25) is 0 Å². The molecule has 0 saturated heterocycles. The zero-order valence-corrected chi connectivity index (χ0v) is 13.1. The van der Waals surface area contributed by atoms with Gasteiger partial charge in [0.15, 0.2) is 0 Å². The maximum Gasteiger partial charge on any atom is 0.0416 e. The molecule has 1 heterocycles. The molecular formula is C18H26N2. The number of nitrogens with zero attached hydrogens (tertiary/aromatic N) is 1. The molecule has 108 valence electrons. The number of pyridine rings is 1. The van der Waals surface area contributed by atoms with Gasteiger partial charge in [0.2, 0.25) is 0 Å². The fourth-order valence-corrected chi connectivity index (χ4v) is 1.93. The Hall–Kier alpha value is -1.83. The second-order valence-corrected chi connectivity index (χ2v) is 5.34. The smallest absolute Gasteiger partial charge is 0.0416 e. The molecule has 1 N–H and O–H groups in total. The van der Waals surface area contributed by atoms with Crippen LogP contribution in [0.25, 0.3) is 0 Å². The molecule has 0 aliphatic rings. The fourth-order valence-electron chi connectivity index (χ4n) is 1.93. The molecule has 1 aromatic rings. The monoisotopic (exact) mass is 270 g/mol. The summed E-state index contributed by atoms with van der Waals surface area (Å²) < 4.78 is 0. The highest BCUT2D eigenvalue weighted by atomic mass is 14.9. The predicted octanol–water partition coefficient (Wildman–Crippen LogP) is 4.48. The number of hydrogen-bond donors (Lipinski definition) is 1. The highest BCUT2D eigenvalue weighted by Crippen LogP contribution is 2.21. The molecule has 0 radical (unpaired) electrons. The van der Waals surface area contributed by atoms with Crippen LogP contribution < -0.4 is 5.32 Å². The van der Waals surface area contributed by atoms with Gasteiger partial charge in [-0.2, -0.15) is 0 Å². The number of aromatic nitrogens is 1. The Labute approximate surface area is 123 Å². The minimum Gasteiger partial charge on any atom is -0.381 e. The van der Waals surface area contributed by atoms with Crippen LogP contribution in [0.15, 0.2) is 60.6 Å². The van der Waals surface area contributed by atoms with E-state index in [1.807, 2.05) is 18.3 Å². The maximum atomic E-state index is 4.12. The molecule has 0 aliphatic heterocycles. The van der Waals surface area contributed by atoms with Crippen molar-refractivity contribution in [2.45, 2.75) is 34.2 Å². The average molecular weight is 270 g/mol. The van der Waals surface area contributed by atoms with Gasteiger partial charge in [-0.15, -0.1) is 0 Å². The molecule has 1 rings (SSSR count). The normalized spacial score (nSPS) is 14.2. The van der Waals surface area contributed by atoms with Crippen molar-refractivity contribution >= 4 is 0 Å². The van der Waals surface area contributed by atoms with Gasteiger partial charge in [0.25, 0.3) is 0 Å². The third kappa shape index (κ3) is 5.04. The fraction of sp³-hybridized carbons (Fsp3) is 0.389. The van der Waals surface area contributed by atoms with Crippen molar-refractivity contribution in [1.29, 1.82) is 0 Å². The van der Waals surface area contributed by atoms with Gasteiger partial charge >= 0.3 is 0 Å². The van der Waals surface area contributed by atoms with Crippen LogP contribution in [0, 0.1) is 11.8 Å². The molecule has 0 aromatic carbocycles. The first-order chi connectivity index (χ1) is 9.58. The molecule has 1 unspecified atom stereocenters. The largest absolute Gasteiger partial charge is 0.381 e. The van der Waals surface area contributed by atoms with E-state index in [1.165, 1.54) is 11.1 Å². The van der Waals surface area contributed by atoms with Crippen LogP contribution in [0.1, 0.15) is 33.3 Å². The van der Waals surface area contributed by atoms with Crippen molar-refractivity contribution in [3.63, 3.8) is 0 Å². The Balaban J connectivity index is 2.74. The summed E-state index contributed by atoms with van der Waals surface area (Å²) in [6.07, 6.45) is 9.90. The SMILES string of the molecule is C=C/C(=C\C(=C/C)C(C)C(C)C)NCc1cccnc1. The predicted molar refractivity (Wildman–Crippen MR) is 87.1 cm³/mol. The summed E-state index contributed by atoms with van der Waals surface area (Å²) in [5, 5.41) is 3.41. The molecule has 1 aromatic heterocycles. The summed E-state index contributed by atoms with van der Waals surface area (Å²) in [5.41, 5.74) is 3.56. The first-order valence-electron chi connectivity index (χ1n) is 7.21. The summed E-state index contributed by atoms with van der Waals surface area (Å²) in [7, 11) is 0. The van der Waals surface area contributed by atoms with Crippen LogP contribution in [0.3, 0.4) is 0 Å². The lowest BCUT2D eigenvalue weighted by Gasteiger charge is -2.18. The van der Waals surface area contributed by atoms with Crippen LogP contribution in [-0.2, 0) is 6.54 Å². The molecule has 0 fully saturated rings. The quantitative estimate of drug-likeness (QED) is 0.739. The van der Waals surface area contributed by atoms with E-state index in [4.69, 9.17) is 0 Å². The first kappa shape index (κ1) is 16.2. The molecule has 0 bridgehead atoms. The van der Waals surface area contributed by atoms with E-state index in [2.05, 4.69) is 62.8 Å². The van der Waals surface area contributed by atoms with Crippen molar-refractivity contribution in [2.75, 3.05) is 0 Å². The summed E-state index contributed by atoms with van der Waals surface area (Å²) in [5.74, 6) is 1.16. The minimum absolute atomic E-state index is 0.537. The maximum absolute atomic E-state index is 4.12. The highest BCUT2D eigenvalue weighted by molar-refractivity contribution is 5.30. The molecule has 0 amide bonds. The van der Waals surface area contributed by atoms with Gasteiger partial charge in [0, 0.05) is 24.6 Å². The van der Waals surface area contributed by atoms with E-state index < -0.39 is 0 Å². The minimum atomic E-state index is 0.537.